The summed E-state index contributed by atoms with van der Waals surface area (Å²) in [5, 5.41) is 12.5. The summed E-state index contributed by atoms with van der Waals surface area (Å²) in [6, 6.07) is 5.45. The first kappa shape index (κ1) is 13.8. The minimum absolute atomic E-state index is 0.333. The highest BCUT2D eigenvalue weighted by atomic mass is 16.4. The molecule has 19 heavy (non-hydrogen) atoms. The van der Waals surface area contributed by atoms with Gasteiger partial charge in [0.05, 0.1) is 0 Å². The number of hydrogen-bond donors (Lipinski definition) is 2. The molecule has 1 aliphatic heterocycles. The predicted molar refractivity (Wildman–Crippen MR) is 74.1 cm³/mol. The quantitative estimate of drug-likeness (QED) is 0.817. The highest BCUT2D eigenvalue weighted by Gasteiger charge is 2.30. The number of nitrogens with zero attached hydrogens (tertiary/aromatic N) is 2. The van der Waals surface area contributed by atoms with E-state index in [0.29, 0.717) is 12.3 Å². The van der Waals surface area contributed by atoms with Crippen molar-refractivity contribution in [2.75, 3.05) is 25.0 Å². The second kappa shape index (κ2) is 6.52. The zero-order valence-electron chi connectivity index (χ0n) is 11.2. The number of likely N-dealkylation sites (tertiary alicyclic amines) is 1. The van der Waals surface area contributed by atoms with Crippen LogP contribution < -0.4 is 5.32 Å². The maximum atomic E-state index is 11.1. The molecule has 0 saturated carbocycles. The third kappa shape index (κ3) is 3.67. The predicted octanol–water partition coefficient (Wildman–Crippen LogP) is 1.68. The number of aliphatic carboxylic acids is 1. The summed E-state index contributed by atoms with van der Waals surface area (Å²) in [7, 11) is 0. The van der Waals surface area contributed by atoms with Crippen molar-refractivity contribution in [3.05, 3.63) is 24.4 Å². The number of carbonyl (C=O) groups is 1. The first-order valence-corrected chi connectivity index (χ1v) is 6.82. The maximum absolute atomic E-state index is 11.1. The Morgan fingerprint density at radius 1 is 1.63 bits per heavy atom. The average molecular weight is 263 g/mol. The molecule has 2 atom stereocenters. The van der Waals surface area contributed by atoms with E-state index in [4.69, 9.17) is 5.11 Å². The molecule has 2 rings (SSSR count). The molecule has 0 aromatic carbocycles. The lowest BCUT2D eigenvalue weighted by Gasteiger charge is -2.23. The van der Waals surface area contributed by atoms with Crippen LogP contribution in [0, 0.1) is 5.92 Å². The van der Waals surface area contributed by atoms with Crippen LogP contribution in [0.25, 0.3) is 0 Å². The summed E-state index contributed by atoms with van der Waals surface area (Å²) < 4.78 is 0. The van der Waals surface area contributed by atoms with Gasteiger partial charge in [0.1, 0.15) is 11.9 Å². The number of anilines is 1. The number of carboxylic acid groups (broad SMARTS) is 1. The number of carboxylic acids is 1. The van der Waals surface area contributed by atoms with Crippen LogP contribution in [0.4, 0.5) is 5.82 Å². The van der Waals surface area contributed by atoms with Crippen LogP contribution in [0.3, 0.4) is 0 Å². The van der Waals surface area contributed by atoms with Crippen LogP contribution >= 0.6 is 0 Å². The van der Waals surface area contributed by atoms with Crippen LogP contribution in [0.5, 0.6) is 0 Å². The molecule has 104 valence electrons. The second-order valence-electron chi connectivity index (χ2n) is 5.01. The monoisotopic (exact) mass is 263 g/mol. The average Bonchev–Trinajstić information content (AvgIpc) is 2.87. The fourth-order valence-corrected chi connectivity index (χ4v) is 2.62. The molecule has 5 nitrogen and oxygen atoms in total. The zero-order valence-corrected chi connectivity index (χ0v) is 11.2. The minimum atomic E-state index is -0.708. The summed E-state index contributed by atoms with van der Waals surface area (Å²) in [6.45, 7) is 4.51. The standard InChI is InChI=1S/C14H21N3O2/c1-2-12(14(18)19)17-8-6-11(10-17)9-16-13-5-3-4-7-15-13/h3-5,7,11-12H,2,6,8-10H2,1H3,(H,15,16)(H,18,19). The fraction of sp³-hybridized carbons (Fsp3) is 0.571. The molecule has 0 amide bonds. The summed E-state index contributed by atoms with van der Waals surface area (Å²) >= 11 is 0. The lowest BCUT2D eigenvalue weighted by atomic mass is 10.1. The third-order valence-electron chi connectivity index (χ3n) is 3.67. The molecular weight excluding hydrogens is 242 g/mol. The van der Waals surface area contributed by atoms with Gasteiger partial charge >= 0.3 is 5.97 Å². The molecule has 1 aromatic heterocycles. The Bertz CT molecular complexity index is 410. The lowest BCUT2D eigenvalue weighted by Crippen LogP contribution is -2.39. The van der Waals surface area contributed by atoms with Crippen molar-refractivity contribution in [1.29, 1.82) is 0 Å². The van der Waals surface area contributed by atoms with Gasteiger partial charge in [-0.05, 0) is 37.4 Å². The number of hydrogen-bond acceptors (Lipinski definition) is 4. The van der Waals surface area contributed by atoms with Crippen molar-refractivity contribution >= 4 is 11.8 Å². The van der Waals surface area contributed by atoms with Gasteiger partial charge in [0.25, 0.3) is 0 Å². The molecule has 0 radical (unpaired) electrons. The Morgan fingerprint density at radius 3 is 3.11 bits per heavy atom. The van der Waals surface area contributed by atoms with Crippen molar-refractivity contribution < 1.29 is 9.90 Å². The number of pyridine rings is 1. The molecule has 1 aliphatic rings. The van der Waals surface area contributed by atoms with Crippen molar-refractivity contribution in [2.24, 2.45) is 5.92 Å². The van der Waals surface area contributed by atoms with E-state index in [0.717, 1.165) is 31.9 Å². The zero-order chi connectivity index (χ0) is 13.7. The topological polar surface area (TPSA) is 65.5 Å². The van der Waals surface area contributed by atoms with Gasteiger partial charge in [-0.15, -0.1) is 0 Å². The smallest absolute Gasteiger partial charge is 0.320 e. The Hall–Kier alpha value is -1.62. The van der Waals surface area contributed by atoms with Gasteiger partial charge in [0.2, 0.25) is 0 Å². The number of nitrogens with one attached hydrogen (secondary N) is 1. The van der Waals surface area contributed by atoms with Gasteiger partial charge in [0, 0.05) is 19.3 Å². The molecule has 1 fully saturated rings. The molecule has 1 aromatic rings. The molecule has 2 unspecified atom stereocenters. The largest absolute Gasteiger partial charge is 0.480 e. The first-order chi connectivity index (χ1) is 9.20. The number of rotatable bonds is 6. The van der Waals surface area contributed by atoms with E-state index in [1.165, 1.54) is 0 Å². The van der Waals surface area contributed by atoms with Crippen LogP contribution in [0.2, 0.25) is 0 Å². The van der Waals surface area contributed by atoms with E-state index in [1.54, 1.807) is 6.20 Å². The molecule has 1 saturated heterocycles. The van der Waals surface area contributed by atoms with Gasteiger partial charge in [0.15, 0.2) is 0 Å². The first-order valence-electron chi connectivity index (χ1n) is 6.82. The normalized spacial score (nSPS) is 21.2. The van der Waals surface area contributed by atoms with Crippen molar-refractivity contribution in [1.82, 2.24) is 9.88 Å². The summed E-state index contributed by atoms with van der Waals surface area (Å²) in [5.41, 5.74) is 0. The van der Waals surface area contributed by atoms with E-state index in [-0.39, 0.29) is 6.04 Å². The SMILES string of the molecule is CCC(C(=O)O)N1CCC(CNc2ccccn2)C1. The van der Waals surface area contributed by atoms with Crippen molar-refractivity contribution in [3.63, 3.8) is 0 Å². The second-order valence-corrected chi connectivity index (χ2v) is 5.01. The molecule has 0 aliphatic carbocycles. The van der Waals surface area contributed by atoms with E-state index in [9.17, 15) is 4.79 Å². The van der Waals surface area contributed by atoms with Gasteiger partial charge in [-0.1, -0.05) is 13.0 Å². The van der Waals surface area contributed by atoms with Gasteiger partial charge < -0.3 is 10.4 Å². The van der Waals surface area contributed by atoms with Gasteiger partial charge in [-0.25, -0.2) is 4.98 Å². The Labute approximate surface area is 113 Å². The van der Waals surface area contributed by atoms with E-state index in [1.807, 2.05) is 25.1 Å². The van der Waals surface area contributed by atoms with Crippen molar-refractivity contribution in [3.8, 4) is 0 Å². The van der Waals surface area contributed by atoms with Gasteiger partial charge in [-0.3, -0.25) is 9.69 Å². The summed E-state index contributed by atoms with van der Waals surface area (Å²) in [6.07, 6.45) is 3.47. The summed E-state index contributed by atoms with van der Waals surface area (Å²) in [4.78, 5) is 17.4. The summed E-state index contributed by atoms with van der Waals surface area (Å²) in [5.74, 6) is 0.669. The van der Waals surface area contributed by atoms with Crippen LogP contribution in [-0.4, -0.2) is 46.6 Å². The molecule has 0 bridgehead atoms. The maximum Gasteiger partial charge on any atom is 0.320 e. The van der Waals surface area contributed by atoms with E-state index in [2.05, 4.69) is 15.2 Å². The Morgan fingerprint density at radius 2 is 2.47 bits per heavy atom. The lowest BCUT2D eigenvalue weighted by molar-refractivity contribution is -0.143. The van der Waals surface area contributed by atoms with Crippen LogP contribution in [-0.2, 0) is 4.79 Å². The third-order valence-corrected chi connectivity index (χ3v) is 3.67. The molecule has 0 spiro atoms. The highest BCUT2D eigenvalue weighted by Crippen LogP contribution is 2.20. The Balaban J connectivity index is 1.80. The van der Waals surface area contributed by atoms with Crippen molar-refractivity contribution in [2.45, 2.75) is 25.8 Å². The molecule has 2 N–H and O–H groups in total. The minimum Gasteiger partial charge on any atom is -0.480 e. The highest BCUT2D eigenvalue weighted by molar-refractivity contribution is 5.73. The van der Waals surface area contributed by atoms with Crippen LogP contribution in [0.1, 0.15) is 19.8 Å². The van der Waals surface area contributed by atoms with E-state index >= 15 is 0 Å². The molecule has 5 heteroatoms. The van der Waals surface area contributed by atoms with E-state index < -0.39 is 5.97 Å². The molecular formula is C14H21N3O2. The molecule has 2 heterocycles. The van der Waals surface area contributed by atoms with Gasteiger partial charge in [-0.2, -0.15) is 0 Å². The number of aromatic nitrogens is 1. The fourth-order valence-electron chi connectivity index (χ4n) is 2.62. The van der Waals surface area contributed by atoms with Crippen LogP contribution in [0.15, 0.2) is 24.4 Å². The Kier molecular flexibility index (Phi) is 4.74.